The van der Waals surface area contributed by atoms with E-state index in [1.165, 1.54) is 17.8 Å². The first-order valence-corrected chi connectivity index (χ1v) is 7.90. The highest BCUT2D eigenvalue weighted by Crippen LogP contribution is 2.23. The quantitative estimate of drug-likeness (QED) is 0.481. The molecule has 23 heavy (non-hydrogen) atoms. The second kappa shape index (κ2) is 7.64. The third kappa shape index (κ3) is 4.46. The highest BCUT2D eigenvalue weighted by molar-refractivity contribution is 8.00. The summed E-state index contributed by atoms with van der Waals surface area (Å²) in [7, 11) is 0. The van der Waals surface area contributed by atoms with Crippen LogP contribution in [0.3, 0.4) is 0 Å². The minimum absolute atomic E-state index is 0.178. The molecule has 1 atom stereocenters. The molecule has 1 heterocycles. The van der Waals surface area contributed by atoms with Crippen molar-refractivity contribution < 1.29 is 4.79 Å². The standard InChI is InChI=1S/C16H18N4O2S/c1-3-9-20-13(17)10-14(21)19-16(20)23-11(2)15(22)18-12-7-5-4-6-8-12/h3-8,10-11H,1,9,17H2,2H3,(H,18,22)/t11-/m0/s1. The van der Waals surface area contributed by atoms with Gasteiger partial charge < -0.3 is 15.6 Å². The van der Waals surface area contributed by atoms with Crippen LogP contribution in [0, 0.1) is 0 Å². The molecule has 120 valence electrons. The third-order valence-corrected chi connectivity index (χ3v) is 4.11. The molecule has 0 bridgehead atoms. The van der Waals surface area contributed by atoms with Gasteiger partial charge in [0.1, 0.15) is 5.82 Å². The zero-order valence-electron chi connectivity index (χ0n) is 12.7. The molecule has 0 unspecified atom stereocenters. The van der Waals surface area contributed by atoms with Gasteiger partial charge in [0.2, 0.25) is 5.91 Å². The lowest BCUT2D eigenvalue weighted by atomic mass is 10.3. The summed E-state index contributed by atoms with van der Waals surface area (Å²) in [6, 6.07) is 10.4. The Labute approximate surface area is 138 Å². The zero-order valence-corrected chi connectivity index (χ0v) is 13.5. The molecule has 1 aromatic heterocycles. The summed E-state index contributed by atoms with van der Waals surface area (Å²) >= 11 is 1.18. The van der Waals surface area contributed by atoms with Crippen LogP contribution >= 0.6 is 11.8 Å². The molecule has 6 nitrogen and oxygen atoms in total. The molecular weight excluding hydrogens is 312 g/mol. The first-order valence-electron chi connectivity index (χ1n) is 7.02. The van der Waals surface area contributed by atoms with Gasteiger partial charge in [-0.2, -0.15) is 4.98 Å². The van der Waals surface area contributed by atoms with Crippen molar-refractivity contribution in [3.63, 3.8) is 0 Å². The molecule has 0 saturated carbocycles. The van der Waals surface area contributed by atoms with Gasteiger partial charge in [0.25, 0.3) is 5.56 Å². The van der Waals surface area contributed by atoms with Crippen LogP contribution in [0.1, 0.15) is 6.92 Å². The summed E-state index contributed by atoms with van der Waals surface area (Å²) in [5, 5.41) is 2.77. The van der Waals surface area contributed by atoms with Gasteiger partial charge in [-0.1, -0.05) is 36.0 Å². The number of nitrogen functional groups attached to an aromatic ring is 1. The molecule has 1 aromatic carbocycles. The van der Waals surface area contributed by atoms with Gasteiger partial charge in [-0.15, -0.1) is 6.58 Å². The van der Waals surface area contributed by atoms with Crippen LogP contribution < -0.4 is 16.6 Å². The van der Waals surface area contributed by atoms with E-state index in [9.17, 15) is 9.59 Å². The topological polar surface area (TPSA) is 90.0 Å². The molecule has 0 aliphatic rings. The monoisotopic (exact) mass is 330 g/mol. The maximum Gasteiger partial charge on any atom is 0.275 e. The molecule has 0 aliphatic heterocycles. The lowest BCUT2D eigenvalue weighted by Crippen LogP contribution is -2.25. The number of rotatable bonds is 6. The maximum absolute atomic E-state index is 12.3. The molecule has 0 spiro atoms. The molecule has 3 N–H and O–H groups in total. The second-order valence-electron chi connectivity index (χ2n) is 4.82. The first kappa shape index (κ1) is 16.8. The van der Waals surface area contributed by atoms with Crippen LogP contribution in [0.25, 0.3) is 0 Å². The van der Waals surface area contributed by atoms with E-state index in [1.54, 1.807) is 17.6 Å². The normalized spacial score (nSPS) is 11.7. The van der Waals surface area contributed by atoms with Gasteiger partial charge in [0, 0.05) is 18.3 Å². The van der Waals surface area contributed by atoms with Crippen molar-refractivity contribution in [1.82, 2.24) is 9.55 Å². The first-order chi connectivity index (χ1) is 11.0. The van der Waals surface area contributed by atoms with Crippen LogP contribution in [-0.2, 0) is 11.3 Å². The highest BCUT2D eigenvalue weighted by Gasteiger charge is 2.18. The Hall–Kier alpha value is -2.54. The fraction of sp³-hybridized carbons (Fsp3) is 0.188. The lowest BCUT2D eigenvalue weighted by Gasteiger charge is -2.16. The van der Waals surface area contributed by atoms with E-state index in [1.807, 2.05) is 30.3 Å². The number of para-hydroxylation sites is 1. The van der Waals surface area contributed by atoms with E-state index in [2.05, 4.69) is 16.9 Å². The number of amides is 1. The van der Waals surface area contributed by atoms with E-state index < -0.39 is 10.8 Å². The largest absolute Gasteiger partial charge is 0.385 e. The Morgan fingerprint density at radius 2 is 2.17 bits per heavy atom. The molecule has 0 fully saturated rings. The fourth-order valence-electron chi connectivity index (χ4n) is 1.88. The Morgan fingerprint density at radius 1 is 1.48 bits per heavy atom. The van der Waals surface area contributed by atoms with Crippen molar-refractivity contribution in [2.24, 2.45) is 0 Å². The van der Waals surface area contributed by atoms with Crippen LogP contribution in [0.5, 0.6) is 0 Å². The number of anilines is 2. The van der Waals surface area contributed by atoms with Crippen LogP contribution in [0.2, 0.25) is 0 Å². The van der Waals surface area contributed by atoms with Crippen molar-refractivity contribution in [1.29, 1.82) is 0 Å². The number of carbonyl (C=O) groups is 1. The number of hydrogen-bond acceptors (Lipinski definition) is 5. The lowest BCUT2D eigenvalue weighted by molar-refractivity contribution is -0.115. The summed E-state index contributed by atoms with van der Waals surface area (Å²) in [5.74, 6) is 0.117. The number of nitrogens with two attached hydrogens (primary N) is 1. The van der Waals surface area contributed by atoms with Crippen LogP contribution in [-0.4, -0.2) is 20.7 Å². The molecule has 2 aromatic rings. The van der Waals surface area contributed by atoms with E-state index in [0.29, 0.717) is 23.2 Å². The number of thioether (sulfide) groups is 1. The predicted molar refractivity (Wildman–Crippen MR) is 93.5 cm³/mol. The number of nitrogens with zero attached hydrogens (tertiary/aromatic N) is 2. The van der Waals surface area contributed by atoms with Crippen molar-refractivity contribution in [3.8, 4) is 0 Å². The van der Waals surface area contributed by atoms with E-state index in [0.717, 1.165) is 0 Å². The molecule has 0 radical (unpaired) electrons. The molecule has 2 rings (SSSR count). The number of allylic oxidation sites excluding steroid dienone is 1. The molecular formula is C16H18N4O2S. The van der Waals surface area contributed by atoms with Gasteiger partial charge in [-0.3, -0.25) is 9.59 Å². The number of nitrogens with one attached hydrogen (secondary N) is 1. The average Bonchev–Trinajstić information content (AvgIpc) is 2.51. The van der Waals surface area contributed by atoms with E-state index in [4.69, 9.17) is 5.73 Å². The zero-order chi connectivity index (χ0) is 16.8. The van der Waals surface area contributed by atoms with Gasteiger partial charge in [-0.25, -0.2) is 0 Å². The SMILES string of the molecule is C=CCn1c(N)cc(=O)nc1S[C@@H](C)C(=O)Nc1ccccc1. The van der Waals surface area contributed by atoms with E-state index >= 15 is 0 Å². The average molecular weight is 330 g/mol. The molecule has 1 amide bonds. The Bertz CT molecular complexity index is 758. The second-order valence-corrected chi connectivity index (χ2v) is 6.12. The minimum Gasteiger partial charge on any atom is -0.385 e. The van der Waals surface area contributed by atoms with Crippen molar-refractivity contribution in [2.75, 3.05) is 11.1 Å². The number of hydrogen-bond donors (Lipinski definition) is 2. The summed E-state index contributed by atoms with van der Waals surface area (Å²) in [6.45, 7) is 5.82. The number of carbonyl (C=O) groups excluding carboxylic acids is 1. The van der Waals surface area contributed by atoms with Gasteiger partial charge >= 0.3 is 0 Å². The Balaban J connectivity index is 2.16. The van der Waals surface area contributed by atoms with Crippen molar-refractivity contribution in [2.45, 2.75) is 23.9 Å². The maximum atomic E-state index is 12.3. The van der Waals surface area contributed by atoms with Crippen molar-refractivity contribution in [3.05, 3.63) is 59.4 Å². The van der Waals surface area contributed by atoms with Crippen molar-refractivity contribution >= 4 is 29.2 Å². The van der Waals surface area contributed by atoms with Crippen LogP contribution in [0.15, 0.2) is 59.0 Å². The van der Waals surface area contributed by atoms with E-state index in [-0.39, 0.29) is 5.91 Å². The summed E-state index contributed by atoms with van der Waals surface area (Å²) in [5.41, 5.74) is 6.13. The molecule has 0 saturated heterocycles. The van der Waals surface area contributed by atoms with Gasteiger partial charge in [-0.05, 0) is 19.1 Å². The number of aromatic nitrogens is 2. The summed E-state index contributed by atoms with van der Waals surface area (Å²) in [6.07, 6.45) is 1.65. The Kier molecular flexibility index (Phi) is 5.59. The molecule has 7 heteroatoms. The summed E-state index contributed by atoms with van der Waals surface area (Å²) in [4.78, 5) is 27.8. The number of benzene rings is 1. The predicted octanol–water partition coefficient (Wildman–Crippen LogP) is 2.13. The Morgan fingerprint density at radius 3 is 2.83 bits per heavy atom. The summed E-state index contributed by atoms with van der Waals surface area (Å²) < 4.78 is 1.64. The van der Waals surface area contributed by atoms with Gasteiger partial charge in [0.15, 0.2) is 5.16 Å². The van der Waals surface area contributed by atoms with Gasteiger partial charge in [0.05, 0.1) is 5.25 Å². The third-order valence-electron chi connectivity index (χ3n) is 3.02. The van der Waals surface area contributed by atoms with Crippen LogP contribution in [0.4, 0.5) is 11.5 Å². The smallest absolute Gasteiger partial charge is 0.275 e. The highest BCUT2D eigenvalue weighted by atomic mass is 32.2. The fourth-order valence-corrected chi connectivity index (χ4v) is 2.81. The molecule has 0 aliphatic carbocycles. The minimum atomic E-state index is -0.444.